The summed E-state index contributed by atoms with van der Waals surface area (Å²) in [7, 11) is 0. The van der Waals surface area contributed by atoms with E-state index in [1.165, 1.54) is 0 Å². The minimum absolute atomic E-state index is 0.155. The molecule has 126 valence electrons. The molecule has 0 heterocycles. The Kier molecular flexibility index (Phi) is 6.35. The van der Waals surface area contributed by atoms with E-state index in [4.69, 9.17) is 5.26 Å². The molecule has 0 spiro atoms. The average Bonchev–Trinajstić information content (AvgIpc) is 2.50. The number of hydrogen-bond acceptors (Lipinski definition) is 3. The third kappa shape index (κ3) is 5.69. The van der Waals surface area contributed by atoms with Crippen molar-refractivity contribution in [1.29, 1.82) is 5.26 Å². The van der Waals surface area contributed by atoms with Gasteiger partial charge in [-0.15, -0.1) is 0 Å². The van der Waals surface area contributed by atoms with E-state index in [-0.39, 0.29) is 12.5 Å². The molecule has 0 aromatic heterocycles. The molecule has 1 amide bonds. The Labute approximate surface area is 139 Å². The van der Waals surface area contributed by atoms with Gasteiger partial charge in [0.15, 0.2) is 0 Å². The van der Waals surface area contributed by atoms with Crippen molar-refractivity contribution in [3.63, 3.8) is 0 Å². The third-order valence-electron chi connectivity index (χ3n) is 4.17. The molecule has 0 aliphatic rings. The molecule has 1 atom stereocenters. The largest absolute Gasteiger partial charge is 0.388 e. The van der Waals surface area contributed by atoms with Crippen molar-refractivity contribution in [1.82, 2.24) is 5.32 Å². The van der Waals surface area contributed by atoms with Crippen LogP contribution in [0.4, 0.5) is 0 Å². The van der Waals surface area contributed by atoms with Crippen molar-refractivity contribution < 1.29 is 9.90 Å². The summed E-state index contributed by atoms with van der Waals surface area (Å²) in [4.78, 5) is 12.5. The highest BCUT2D eigenvalue weighted by atomic mass is 16.3. The minimum Gasteiger partial charge on any atom is -0.388 e. The Hall–Kier alpha value is -1.86. The second kappa shape index (κ2) is 7.61. The molecule has 2 N–H and O–H groups in total. The summed E-state index contributed by atoms with van der Waals surface area (Å²) in [6.45, 7) is 9.84. The molecule has 1 aromatic carbocycles. The smallest absolute Gasteiger partial charge is 0.230 e. The fraction of sp³-hybridized carbons (Fsp3) is 0.579. The van der Waals surface area contributed by atoms with E-state index in [0.29, 0.717) is 17.9 Å². The Balaban J connectivity index is 2.74. The maximum absolute atomic E-state index is 12.5. The van der Waals surface area contributed by atoms with Crippen LogP contribution in [0.3, 0.4) is 0 Å². The molecule has 0 radical (unpaired) electrons. The number of nitrogens with one attached hydrogen (secondary N) is 1. The molecule has 0 saturated carbocycles. The number of nitrogens with zero attached hydrogens (tertiary/aromatic N) is 1. The molecule has 4 nitrogen and oxygen atoms in total. The molecular formula is C19H28N2O2. The molecule has 0 saturated heterocycles. The zero-order valence-corrected chi connectivity index (χ0v) is 14.8. The Morgan fingerprint density at radius 1 is 1.35 bits per heavy atom. The number of aliphatic hydroxyl groups is 1. The van der Waals surface area contributed by atoms with E-state index in [9.17, 15) is 9.90 Å². The molecule has 1 unspecified atom stereocenters. The first kappa shape index (κ1) is 19.2. The maximum Gasteiger partial charge on any atom is 0.230 e. The highest BCUT2D eigenvalue weighted by molar-refractivity contribution is 5.87. The van der Waals surface area contributed by atoms with Gasteiger partial charge in [-0.1, -0.05) is 26.0 Å². The number of rotatable bonds is 7. The Bertz CT molecular complexity index is 583. The summed E-state index contributed by atoms with van der Waals surface area (Å²) in [5.41, 5.74) is -0.353. The van der Waals surface area contributed by atoms with Gasteiger partial charge >= 0.3 is 0 Å². The molecule has 4 heteroatoms. The SMILES string of the molecule is CC(C)CCC(C)(O)CNC(=O)C(C)(C)c1cccc(C#N)c1. The van der Waals surface area contributed by atoms with Crippen LogP contribution in [-0.4, -0.2) is 23.2 Å². The van der Waals surface area contributed by atoms with Gasteiger partial charge in [0.2, 0.25) is 5.91 Å². The quantitative estimate of drug-likeness (QED) is 0.811. The lowest BCUT2D eigenvalue weighted by atomic mass is 9.82. The van der Waals surface area contributed by atoms with Crippen molar-refractivity contribution >= 4 is 5.91 Å². The predicted octanol–water partition coefficient (Wildman–Crippen LogP) is 3.14. The van der Waals surface area contributed by atoms with Gasteiger partial charge in [-0.25, -0.2) is 0 Å². The first-order valence-electron chi connectivity index (χ1n) is 8.10. The van der Waals surface area contributed by atoms with Crippen LogP contribution in [-0.2, 0) is 10.2 Å². The normalized spacial score (nSPS) is 14.2. The maximum atomic E-state index is 12.5. The lowest BCUT2D eigenvalue weighted by molar-refractivity contribution is -0.126. The summed E-state index contributed by atoms with van der Waals surface area (Å²) in [5, 5.41) is 22.2. The average molecular weight is 316 g/mol. The number of nitriles is 1. The number of amides is 1. The van der Waals surface area contributed by atoms with Gasteiger partial charge < -0.3 is 10.4 Å². The lowest BCUT2D eigenvalue weighted by Crippen LogP contribution is -2.47. The highest BCUT2D eigenvalue weighted by Crippen LogP contribution is 2.24. The predicted molar refractivity (Wildman–Crippen MR) is 91.9 cm³/mol. The van der Waals surface area contributed by atoms with Crippen LogP contribution in [0.5, 0.6) is 0 Å². The van der Waals surface area contributed by atoms with Crippen LogP contribution in [0.1, 0.15) is 58.6 Å². The molecule has 0 bridgehead atoms. The van der Waals surface area contributed by atoms with Gasteiger partial charge in [0.1, 0.15) is 0 Å². The van der Waals surface area contributed by atoms with Crippen LogP contribution < -0.4 is 5.32 Å². The number of carbonyl (C=O) groups excluding carboxylic acids is 1. The van der Waals surface area contributed by atoms with Gasteiger partial charge in [-0.05, 0) is 57.2 Å². The fourth-order valence-corrected chi connectivity index (χ4v) is 2.29. The molecular weight excluding hydrogens is 288 g/mol. The van der Waals surface area contributed by atoms with Gasteiger partial charge in [-0.3, -0.25) is 4.79 Å². The first-order chi connectivity index (χ1) is 10.6. The van der Waals surface area contributed by atoms with E-state index in [1.54, 1.807) is 25.1 Å². The molecule has 0 aliphatic carbocycles. The van der Waals surface area contributed by atoms with E-state index in [0.717, 1.165) is 12.0 Å². The van der Waals surface area contributed by atoms with E-state index in [1.807, 2.05) is 19.9 Å². The number of carbonyl (C=O) groups is 1. The van der Waals surface area contributed by atoms with Crippen molar-refractivity contribution in [2.24, 2.45) is 5.92 Å². The Morgan fingerprint density at radius 2 is 2.00 bits per heavy atom. The van der Waals surface area contributed by atoms with Gasteiger partial charge in [0, 0.05) is 6.54 Å². The number of benzene rings is 1. The zero-order chi connectivity index (χ0) is 17.7. The summed E-state index contributed by atoms with van der Waals surface area (Å²) in [5.74, 6) is 0.361. The first-order valence-corrected chi connectivity index (χ1v) is 8.10. The van der Waals surface area contributed by atoms with Crippen molar-refractivity contribution in [2.75, 3.05) is 6.54 Å². The lowest BCUT2D eigenvalue weighted by Gasteiger charge is -2.29. The van der Waals surface area contributed by atoms with Crippen LogP contribution in [0, 0.1) is 17.2 Å². The summed E-state index contributed by atoms with van der Waals surface area (Å²) >= 11 is 0. The molecule has 0 fully saturated rings. The second-order valence-electron chi connectivity index (χ2n) is 7.43. The van der Waals surface area contributed by atoms with E-state index in [2.05, 4.69) is 25.2 Å². The molecule has 23 heavy (non-hydrogen) atoms. The van der Waals surface area contributed by atoms with Crippen molar-refractivity contribution in [3.05, 3.63) is 35.4 Å². The zero-order valence-electron chi connectivity index (χ0n) is 14.8. The standard InChI is InChI=1S/C19H28N2O2/c1-14(2)9-10-19(5,23)13-21-17(22)18(3,4)16-8-6-7-15(11-16)12-20/h6-8,11,14,23H,9-10,13H2,1-5H3,(H,21,22). The monoisotopic (exact) mass is 316 g/mol. The molecule has 1 aromatic rings. The summed E-state index contributed by atoms with van der Waals surface area (Å²) in [6, 6.07) is 9.16. The van der Waals surface area contributed by atoms with E-state index >= 15 is 0 Å². The van der Waals surface area contributed by atoms with Gasteiger partial charge in [-0.2, -0.15) is 5.26 Å². The summed E-state index contributed by atoms with van der Waals surface area (Å²) < 4.78 is 0. The Morgan fingerprint density at radius 3 is 2.57 bits per heavy atom. The fourth-order valence-electron chi connectivity index (χ4n) is 2.29. The topological polar surface area (TPSA) is 73.1 Å². The third-order valence-corrected chi connectivity index (χ3v) is 4.17. The van der Waals surface area contributed by atoms with Crippen LogP contribution in [0.15, 0.2) is 24.3 Å². The van der Waals surface area contributed by atoms with Crippen molar-refractivity contribution in [2.45, 2.75) is 58.5 Å². The second-order valence-corrected chi connectivity index (χ2v) is 7.43. The number of hydrogen-bond donors (Lipinski definition) is 2. The van der Waals surface area contributed by atoms with E-state index < -0.39 is 11.0 Å². The highest BCUT2D eigenvalue weighted by Gasteiger charge is 2.31. The molecule has 0 aliphatic heterocycles. The summed E-state index contributed by atoms with van der Waals surface area (Å²) in [6.07, 6.45) is 1.56. The van der Waals surface area contributed by atoms with Crippen LogP contribution in [0.25, 0.3) is 0 Å². The van der Waals surface area contributed by atoms with Crippen LogP contribution in [0.2, 0.25) is 0 Å². The van der Waals surface area contributed by atoms with Gasteiger partial charge in [0.25, 0.3) is 0 Å². The minimum atomic E-state index is -0.912. The van der Waals surface area contributed by atoms with Crippen LogP contribution >= 0.6 is 0 Å². The van der Waals surface area contributed by atoms with Gasteiger partial charge in [0.05, 0.1) is 22.6 Å². The van der Waals surface area contributed by atoms with Crippen molar-refractivity contribution in [3.8, 4) is 6.07 Å². The molecule has 1 rings (SSSR count).